The summed E-state index contributed by atoms with van der Waals surface area (Å²) in [6, 6.07) is 33.9. The van der Waals surface area contributed by atoms with Crippen molar-refractivity contribution in [3.63, 3.8) is 0 Å². The molecule has 0 spiro atoms. The number of imide groups is 1. The van der Waals surface area contributed by atoms with Crippen molar-refractivity contribution in [3.8, 4) is 0 Å². The van der Waals surface area contributed by atoms with Gasteiger partial charge in [-0.1, -0.05) is 208 Å². The van der Waals surface area contributed by atoms with E-state index >= 15 is 0 Å². The number of hydrogen-bond acceptors (Lipinski definition) is 5. The standard InChI is InChI=1S/4C12H14.C8H14N2O2.C7H11NO2/c4*1-3-5-11-7-9-12(6-4-2)10-8-11;1-6-5-7(11)10(8(6)12)4-3-9-2;1-5-3-7(10)8(2)4-6(5)9/h4*3-10H,1-2H3;6,9H,3-5H2,1-2H3;5H,3-4H2,1-2H3. The normalized spacial score (nSPS) is 15.9. The van der Waals surface area contributed by atoms with Gasteiger partial charge in [-0.25, -0.2) is 0 Å². The van der Waals surface area contributed by atoms with E-state index in [0.29, 0.717) is 32.5 Å². The lowest BCUT2D eigenvalue weighted by atomic mass is 9.98. The summed E-state index contributed by atoms with van der Waals surface area (Å²) in [5.41, 5.74) is 10.0. The van der Waals surface area contributed by atoms with Crippen LogP contribution in [0.1, 0.15) is 127 Å². The summed E-state index contributed by atoms with van der Waals surface area (Å²) in [4.78, 5) is 47.2. The third-order valence-corrected chi connectivity index (χ3v) is 10.5. The van der Waals surface area contributed by atoms with Crippen molar-refractivity contribution in [2.24, 2.45) is 11.8 Å². The van der Waals surface area contributed by atoms with E-state index in [2.05, 4.69) is 151 Å². The Morgan fingerprint density at radius 2 is 0.671 bits per heavy atom. The van der Waals surface area contributed by atoms with E-state index in [1.165, 1.54) is 54.3 Å². The number of hydrogen-bond donors (Lipinski definition) is 1. The molecular formula is C63H81N3O4. The number of Topliss-reactive ketones (excluding diaryl/α,β-unsaturated/α-hetero) is 1. The molecule has 2 aliphatic rings. The molecule has 372 valence electrons. The van der Waals surface area contributed by atoms with Gasteiger partial charge in [-0.3, -0.25) is 24.1 Å². The Bertz CT molecular complexity index is 1960. The molecule has 0 aromatic heterocycles. The van der Waals surface area contributed by atoms with E-state index in [4.69, 9.17) is 0 Å². The van der Waals surface area contributed by atoms with Gasteiger partial charge in [0.15, 0.2) is 5.78 Å². The van der Waals surface area contributed by atoms with Crippen LogP contribution in [-0.4, -0.2) is 67.0 Å². The molecule has 2 unspecified atom stereocenters. The molecule has 2 aliphatic heterocycles. The Balaban J connectivity index is 0.000000420. The second-order valence-electron chi connectivity index (χ2n) is 16.6. The summed E-state index contributed by atoms with van der Waals surface area (Å²) in [5, 5.41) is 2.90. The van der Waals surface area contributed by atoms with E-state index in [0.717, 1.165) is 0 Å². The molecule has 70 heavy (non-hydrogen) atoms. The minimum atomic E-state index is -0.116. The number of carbonyl (C=O) groups is 4. The molecule has 2 heterocycles. The van der Waals surface area contributed by atoms with Crippen LogP contribution in [0.15, 0.2) is 146 Å². The van der Waals surface area contributed by atoms with Gasteiger partial charge in [-0.15, -0.1) is 0 Å². The number of amides is 3. The zero-order valence-electron chi connectivity index (χ0n) is 44.2. The SMILES string of the molecule is CC1CC(=O)N(C)CC1=O.CC=Cc1ccc(C=CC)cc1.CC=Cc1ccc(C=CC)cc1.CC=Cc1ccc(C=CC)cc1.CC=Cc1ccc(C=CC)cc1.CNCCN1C(=O)CC(C)C1=O. The second kappa shape index (κ2) is 37.0. The smallest absolute Gasteiger partial charge is 0.232 e. The monoisotopic (exact) mass is 944 g/mol. The number of carbonyl (C=O) groups excluding carboxylic acids is 4. The first-order valence-electron chi connectivity index (χ1n) is 24.4. The summed E-state index contributed by atoms with van der Waals surface area (Å²) in [6.45, 7) is 21.3. The Hall–Kier alpha value is -6.96. The van der Waals surface area contributed by atoms with E-state index in [1.807, 2.05) is 104 Å². The van der Waals surface area contributed by atoms with Crippen LogP contribution in [-0.2, 0) is 19.2 Å². The summed E-state index contributed by atoms with van der Waals surface area (Å²) >= 11 is 0. The fraction of sp³-hybridized carbons (Fsp3) is 0.302. The molecule has 2 atom stereocenters. The summed E-state index contributed by atoms with van der Waals surface area (Å²) < 4.78 is 0. The van der Waals surface area contributed by atoms with Crippen molar-refractivity contribution in [2.45, 2.75) is 82.1 Å². The second-order valence-corrected chi connectivity index (χ2v) is 16.6. The number of piperidine rings is 1. The average Bonchev–Trinajstić information content (AvgIpc) is 3.60. The van der Waals surface area contributed by atoms with Crippen LogP contribution >= 0.6 is 0 Å². The topological polar surface area (TPSA) is 86.8 Å². The predicted octanol–water partition coefficient (Wildman–Crippen LogP) is 14.7. The number of allylic oxidation sites excluding steroid dienone is 8. The maximum absolute atomic E-state index is 11.3. The Morgan fingerprint density at radius 1 is 0.429 bits per heavy atom. The molecule has 0 bridgehead atoms. The first-order valence-corrected chi connectivity index (χ1v) is 24.4. The molecule has 2 saturated heterocycles. The van der Waals surface area contributed by atoms with Gasteiger partial charge >= 0.3 is 0 Å². The molecule has 1 N–H and O–H groups in total. The van der Waals surface area contributed by atoms with Gasteiger partial charge in [0, 0.05) is 44.8 Å². The highest BCUT2D eigenvalue weighted by Gasteiger charge is 2.34. The molecule has 7 nitrogen and oxygen atoms in total. The Morgan fingerprint density at radius 3 is 0.857 bits per heavy atom. The van der Waals surface area contributed by atoms with Gasteiger partial charge in [-0.2, -0.15) is 0 Å². The van der Waals surface area contributed by atoms with Gasteiger partial charge in [0.05, 0.1) is 6.54 Å². The van der Waals surface area contributed by atoms with Crippen LogP contribution in [0.5, 0.6) is 0 Å². The maximum Gasteiger partial charge on any atom is 0.232 e. The molecule has 0 saturated carbocycles. The number of benzene rings is 4. The minimum Gasteiger partial charge on any atom is -0.338 e. The molecule has 6 rings (SSSR count). The highest BCUT2D eigenvalue weighted by atomic mass is 16.2. The number of nitrogens with zero attached hydrogens (tertiary/aromatic N) is 2. The van der Waals surface area contributed by atoms with Crippen molar-refractivity contribution < 1.29 is 19.2 Å². The first kappa shape index (κ1) is 61.1. The van der Waals surface area contributed by atoms with Gasteiger partial charge in [0.2, 0.25) is 17.7 Å². The lowest BCUT2D eigenvalue weighted by Crippen LogP contribution is -2.41. The largest absolute Gasteiger partial charge is 0.338 e. The van der Waals surface area contributed by atoms with Crippen LogP contribution in [0.25, 0.3) is 48.6 Å². The fourth-order valence-corrected chi connectivity index (χ4v) is 6.73. The lowest BCUT2D eigenvalue weighted by molar-refractivity contribution is -0.141. The number of ketones is 1. The van der Waals surface area contributed by atoms with Crippen LogP contribution < -0.4 is 5.32 Å². The summed E-state index contributed by atoms with van der Waals surface area (Å²) in [5.74, 6) is -0.00902. The molecular weight excluding hydrogens is 863 g/mol. The van der Waals surface area contributed by atoms with Crippen LogP contribution in [0.2, 0.25) is 0 Å². The minimum absolute atomic E-state index is 0.0322. The zero-order chi connectivity index (χ0) is 52.1. The third-order valence-electron chi connectivity index (χ3n) is 10.5. The fourth-order valence-electron chi connectivity index (χ4n) is 6.73. The van der Waals surface area contributed by atoms with Crippen LogP contribution in [0.3, 0.4) is 0 Å². The number of likely N-dealkylation sites (tertiary alicyclic amines) is 2. The first-order chi connectivity index (χ1) is 33.7. The van der Waals surface area contributed by atoms with Crippen molar-refractivity contribution in [2.75, 3.05) is 33.7 Å². The molecule has 4 aromatic carbocycles. The van der Waals surface area contributed by atoms with E-state index in [-0.39, 0.29) is 35.3 Å². The number of likely N-dealkylation sites (N-methyl/N-ethyl adjacent to an activating group) is 2. The van der Waals surface area contributed by atoms with Crippen LogP contribution in [0, 0.1) is 11.8 Å². The van der Waals surface area contributed by atoms with Gasteiger partial charge in [0.25, 0.3) is 0 Å². The highest BCUT2D eigenvalue weighted by Crippen LogP contribution is 2.18. The van der Waals surface area contributed by atoms with Crippen molar-refractivity contribution in [3.05, 3.63) is 190 Å². The van der Waals surface area contributed by atoms with E-state index < -0.39 is 0 Å². The van der Waals surface area contributed by atoms with E-state index in [9.17, 15) is 19.2 Å². The maximum atomic E-state index is 11.3. The summed E-state index contributed by atoms with van der Waals surface area (Å²) in [7, 11) is 3.46. The number of nitrogens with one attached hydrogen (secondary N) is 1. The summed E-state index contributed by atoms with van der Waals surface area (Å²) in [6.07, 6.45) is 33.9. The van der Waals surface area contributed by atoms with Gasteiger partial charge < -0.3 is 10.2 Å². The molecule has 0 aliphatic carbocycles. The van der Waals surface area contributed by atoms with Crippen LogP contribution in [0.4, 0.5) is 0 Å². The Labute approximate surface area is 422 Å². The van der Waals surface area contributed by atoms with E-state index in [1.54, 1.807) is 27.9 Å². The third kappa shape index (κ3) is 25.4. The highest BCUT2D eigenvalue weighted by molar-refractivity contribution is 6.03. The predicted molar refractivity (Wildman–Crippen MR) is 304 cm³/mol. The van der Waals surface area contributed by atoms with Crippen molar-refractivity contribution >= 4 is 72.1 Å². The molecule has 3 amide bonds. The number of rotatable bonds is 11. The molecule has 7 heteroatoms. The zero-order valence-corrected chi connectivity index (χ0v) is 44.2. The lowest BCUT2D eigenvalue weighted by Gasteiger charge is -2.24. The Kier molecular flexibility index (Phi) is 32.3. The van der Waals surface area contributed by atoms with Crippen molar-refractivity contribution in [1.82, 2.24) is 15.1 Å². The molecule has 4 aromatic rings. The van der Waals surface area contributed by atoms with Gasteiger partial charge in [0.1, 0.15) is 0 Å². The van der Waals surface area contributed by atoms with Crippen molar-refractivity contribution in [1.29, 1.82) is 0 Å². The molecule has 0 radical (unpaired) electrons. The average molecular weight is 944 g/mol. The van der Waals surface area contributed by atoms with Gasteiger partial charge in [-0.05, 0) is 107 Å². The quantitative estimate of drug-likeness (QED) is 0.151. The molecule has 2 fully saturated rings.